The van der Waals surface area contributed by atoms with Gasteiger partial charge in [0.1, 0.15) is 24.7 Å². The van der Waals surface area contributed by atoms with Gasteiger partial charge in [0.25, 0.3) is 11.1 Å². The molecular formula is C27H24N2O5S. The molecule has 4 rings (SSSR count). The Kier molecular flexibility index (Phi) is 7.52. The SMILES string of the molecule is COc1ccccc1NC(=O)CN1C(=O)S/C(=C/c2ccccc2OCc2cccc(C)c2)C1=O. The first-order valence-electron chi connectivity index (χ1n) is 10.9. The highest BCUT2D eigenvalue weighted by atomic mass is 32.2. The van der Waals surface area contributed by atoms with E-state index in [2.05, 4.69) is 5.32 Å². The third-order valence-electron chi connectivity index (χ3n) is 5.24. The number of carbonyl (C=O) groups is 3. The highest BCUT2D eigenvalue weighted by Crippen LogP contribution is 2.34. The number of nitrogens with zero attached hydrogens (tertiary/aromatic N) is 1. The highest BCUT2D eigenvalue weighted by Gasteiger charge is 2.36. The smallest absolute Gasteiger partial charge is 0.294 e. The number of hydrogen-bond acceptors (Lipinski definition) is 6. The van der Waals surface area contributed by atoms with Gasteiger partial charge in [0.15, 0.2) is 0 Å². The van der Waals surface area contributed by atoms with Gasteiger partial charge in [0.05, 0.1) is 17.7 Å². The zero-order valence-corrected chi connectivity index (χ0v) is 20.1. The number of ether oxygens (including phenoxy) is 2. The van der Waals surface area contributed by atoms with Gasteiger partial charge in [-0.1, -0.05) is 60.2 Å². The lowest BCUT2D eigenvalue weighted by atomic mass is 10.1. The molecule has 178 valence electrons. The van der Waals surface area contributed by atoms with Gasteiger partial charge in [-0.3, -0.25) is 19.3 Å². The molecule has 0 radical (unpaired) electrons. The normalized spacial score (nSPS) is 14.3. The molecule has 8 heteroatoms. The Morgan fingerprint density at radius 3 is 2.51 bits per heavy atom. The quantitative estimate of drug-likeness (QED) is 0.436. The number of nitrogens with one attached hydrogen (secondary N) is 1. The van der Waals surface area contributed by atoms with Crippen LogP contribution in [0.1, 0.15) is 16.7 Å². The summed E-state index contributed by atoms with van der Waals surface area (Å²) in [5.74, 6) is 0.0514. The van der Waals surface area contributed by atoms with Crippen molar-refractivity contribution in [1.82, 2.24) is 4.90 Å². The first-order chi connectivity index (χ1) is 16.9. The average Bonchev–Trinajstić information content (AvgIpc) is 3.11. The van der Waals surface area contributed by atoms with Crippen LogP contribution in [-0.4, -0.2) is 35.6 Å². The number of para-hydroxylation sites is 3. The number of benzene rings is 3. The van der Waals surface area contributed by atoms with E-state index in [1.807, 2.05) is 55.5 Å². The van der Waals surface area contributed by atoms with Crippen molar-refractivity contribution < 1.29 is 23.9 Å². The lowest BCUT2D eigenvalue weighted by Gasteiger charge is -2.14. The molecule has 0 unspecified atom stereocenters. The second-order valence-corrected chi connectivity index (χ2v) is 8.83. The molecular weight excluding hydrogens is 464 g/mol. The van der Waals surface area contributed by atoms with Crippen LogP contribution in [0.2, 0.25) is 0 Å². The summed E-state index contributed by atoms with van der Waals surface area (Å²) in [7, 11) is 1.49. The molecule has 35 heavy (non-hydrogen) atoms. The zero-order chi connectivity index (χ0) is 24.8. The summed E-state index contributed by atoms with van der Waals surface area (Å²) in [6.07, 6.45) is 1.62. The molecule has 1 aliphatic heterocycles. The molecule has 0 bridgehead atoms. The van der Waals surface area contributed by atoms with E-state index in [9.17, 15) is 14.4 Å². The molecule has 7 nitrogen and oxygen atoms in total. The number of imide groups is 1. The second-order valence-electron chi connectivity index (χ2n) is 7.83. The first-order valence-corrected chi connectivity index (χ1v) is 11.7. The molecule has 3 amide bonds. The van der Waals surface area contributed by atoms with Crippen molar-refractivity contribution in [2.45, 2.75) is 13.5 Å². The standard InChI is InChI=1S/C27H24N2O5S/c1-18-8-7-9-19(14-18)17-34-22-12-5-3-10-20(22)15-24-26(31)29(27(32)35-24)16-25(30)28-21-11-4-6-13-23(21)33-2/h3-15H,16-17H2,1-2H3,(H,28,30)/b24-15+. The summed E-state index contributed by atoms with van der Waals surface area (Å²) >= 11 is 0.796. The minimum Gasteiger partial charge on any atom is -0.495 e. The van der Waals surface area contributed by atoms with E-state index in [4.69, 9.17) is 9.47 Å². The fourth-order valence-electron chi connectivity index (χ4n) is 3.55. The largest absolute Gasteiger partial charge is 0.495 e. The summed E-state index contributed by atoms with van der Waals surface area (Å²) < 4.78 is 11.2. The van der Waals surface area contributed by atoms with Gasteiger partial charge in [-0.2, -0.15) is 0 Å². The number of hydrogen-bond donors (Lipinski definition) is 1. The summed E-state index contributed by atoms with van der Waals surface area (Å²) in [5, 5.41) is 2.18. The van der Waals surface area contributed by atoms with Crippen LogP contribution in [0.4, 0.5) is 10.5 Å². The summed E-state index contributed by atoms with van der Waals surface area (Å²) in [5.41, 5.74) is 3.30. The van der Waals surface area contributed by atoms with Gasteiger partial charge in [0.2, 0.25) is 5.91 Å². The van der Waals surface area contributed by atoms with Gasteiger partial charge in [-0.05, 0) is 48.5 Å². The predicted molar refractivity (Wildman–Crippen MR) is 136 cm³/mol. The van der Waals surface area contributed by atoms with Crippen molar-refractivity contribution in [3.05, 3.63) is 94.4 Å². The number of aryl methyl sites for hydroxylation is 1. The lowest BCUT2D eigenvalue weighted by Crippen LogP contribution is -2.36. The molecule has 3 aromatic carbocycles. The van der Waals surface area contributed by atoms with E-state index >= 15 is 0 Å². The zero-order valence-electron chi connectivity index (χ0n) is 19.3. The molecule has 0 saturated carbocycles. The van der Waals surface area contributed by atoms with Crippen LogP contribution in [0, 0.1) is 6.92 Å². The molecule has 1 saturated heterocycles. The van der Waals surface area contributed by atoms with Crippen LogP contribution in [0.5, 0.6) is 11.5 Å². The van der Waals surface area contributed by atoms with Gasteiger partial charge >= 0.3 is 0 Å². The van der Waals surface area contributed by atoms with E-state index < -0.39 is 23.6 Å². The van der Waals surface area contributed by atoms with Gasteiger partial charge < -0.3 is 14.8 Å². The van der Waals surface area contributed by atoms with Crippen molar-refractivity contribution in [2.75, 3.05) is 19.0 Å². The van der Waals surface area contributed by atoms with Crippen molar-refractivity contribution in [1.29, 1.82) is 0 Å². The van der Waals surface area contributed by atoms with Crippen molar-refractivity contribution in [3.63, 3.8) is 0 Å². The molecule has 0 aromatic heterocycles. The van der Waals surface area contributed by atoms with Crippen LogP contribution in [-0.2, 0) is 16.2 Å². The highest BCUT2D eigenvalue weighted by molar-refractivity contribution is 8.18. The van der Waals surface area contributed by atoms with Crippen molar-refractivity contribution in [2.24, 2.45) is 0 Å². The number of rotatable bonds is 8. The number of carbonyl (C=O) groups excluding carboxylic acids is 3. The first kappa shape index (κ1) is 24.1. The van der Waals surface area contributed by atoms with Crippen molar-refractivity contribution >= 4 is 40.6 Å². The number of amides is 3. The molecule has 0 spiro atoms. The van der Waals surface area contributed by atoms with E-state index in [0.717, 1.165) is 27.8 Å². The fraction of sp³-hybridized carbons (Fsp3) is 0.148. The van der Waals surface area contributed by atoms with Crippen LogP contribution < -0.4 is 14.8 Å². The minimum absolute atomic E-state index is 0.228. The second kappa shape index (κ2) is 10.9. The third-order valence-corrected chi connectivity index (χ3v) is 6.15. The Morgan fingerprint density at radius 1 is 1.00 bits per heavy atom. The Labute approximate surface area is 207 Å². The number of anilines is 1. The minimum atomic E-state index is -0.524. The Bertz CT molecular complexity index is 1300. The van der Waals surface area contributed by atoms with E-state index in [1.165, 1.54) is 7.11 Å². The Balaban J connectivity index is 1.45. The number of thioether (sulfide) groups is 1. The van der Waals surface area contributed by atoms with E-state index in [0.29, 0.717) is 29.4 Å². The lowest BCUT2D eigenvalue weighted by molar-refractivity contribution is -0.127. The summed E-state index contributed by atoms with van der Waals surface area (Å²) in [4.78, 5) is 39.1. The van der Waals surface area contributed by atoms with Gasteiger partial charge in [-0.25, -0.2) is 0 Å². The Morgan fingerprint density at radius 2 is 1.74 bits per heavy atom. The topological polar surface area (TPSA) is 84.9 Å². The van der Waals surface area contributed by atoms with Crippen molar-refractivity contribution in [3.8, 4) is 11.5 Å². The van der Waals surface area contributed by atoms with E-state index in [-0.39, 0.29) is 4.91 Å². The number of methoxy groups -OCH3 is 1. The molecule has 1 aliphatic rings. The maximum absolute atomic E-state index is 12.9. The Hall–Kier alpha value is -4.04. The predicted octanol–water partition coefficient (Wildman–Crippen LogP) is 5.26. The molecule has 3 aromatic rings. The van der Waals surface area contributed by atoms with Gasteiger partial charge in [0, 0.05) is 5.56 Å². The third kappa shape index (κ3) is 5.91. The van der Waals surface area contributed by atoms with Crippen LogP contribution in [0.15, 0.2) is 77.7 Å². The molecule has 1 heterocycles. The van der Waals surface area contributed by atoms with Gasteiger partial charge in [-0.15, -0.1) is 0 Å². The average molecular weight is 489 g/mol. The fourth-order valence-corrected chi connectivity index (χ4v) is 4.38. The van der Waals surface area contributed by atoms with Crippen LogP contribution in [0.3, 0.4) is 0 Å². The molecule has 0 atom stereocenters. The van der Waals surface area contributed by atoms with Crippen LogP contribution in [0.25, 0.3) is 6.08 Å². The van der Waals surface area contributed by atoms with Crippen LogP contribution >= 0.6 is 11.8 Å². The molecule has 1 fully saturated rings. The molecule has 1 N–H and O–H groups in total. The summed E-state index contributed by atoms with van der Waals surface area (Å²) in [6.45, 7) is 1.99. The molecule has 0 aliphatic carbocycles. The maximum Gasteiger partial charge on any atom is 0.294 e. The summed E-state index contributed by atoms with van der Waals surface area (Å²) in [6, 6.07) is 22.2. The van der Waals surface area contributed by atoms with E-state index in [1.54, 1.807) is 30.3 Å². The monoisotopic (exact) mass is 488 g/mol. The maximum atomic E-state index is 12.9.